The Morgan fingerprint density at radius 1 is 1.03 bits per heavy atom. The lowest BCUT2D eigenvalue weighted by Crippen LogP contribution is -2.05. The number of nitrogens with zero attached hydrogens (tertiary/aromatic N) is 2. The Morgan fingerprint density at radius 3 is 2.59 bits per heavy atom. The van der Waals surface area contributed by atoms with Crippen molar-refractivity contribution in [1.29, 1.82) is 0 Å². The highest BCUT2D eigenvalue weighted by atomic mass is 35.5. The smallest absolute Gasteiger partial charge is 0.363 e. The number of halogens is 2. The van der Waals surface area contributed by atoms with Gasteiger partial charge in [0.1, 0.15) is 11.5 Å². The molecule has 0 bridgehead atoms. The molecule has 0 fully saturated rings. The SMILES string of the molecule is O=C1OC(c2ccc(Cl)cc2Cl)=N/C1=C\c1ccc(-c2ccccc2[N+](=O)[O-])o1. The van der Waals surface area contributed by atoms with Gasteiger partial charge < -0.3 is 9.15 Å². The van der Waals surface area contributed by atoms with Gasteiger partial charge in [0.2, 0.25) is 5.90 Å². The zero-order valence-electron chi connectivity index (χ0n) is 14.5. The maximum atomic E-state index is 12.2. The van der Waals surface area contributed by atoms with Crippen LogP contribution in [0.25, 0.3) is 17.4 Å². The molecule has 1 aromatic heterocycles. The minimum absolute atomic E-state index is 0.00878. The number of nitro benzene ring substituents is 1. The fourth-order valence-corrected chi connectivity index (χ4v) is 3.23. The number of cyclic esters (lactones) is 1. The third kappa shape index (κ3) is 3.78. The number of rotatable bonds is 4. The summed E-state index contributed by atoms with van der Waals surface area (Å²) in [6, 6.07) is 14.1. The van der Waals surface area contributed by atoms with Gasteiger partial charge in [-0.3, -0.25) is 10.1 Å². The molecule has 0 spiro atoms. The molecule has 0 N–H and O–H groups in total. The summed E-state index contributed by atoms with van der Waals surface area (Å²) < 4.78 is 10.8. The van der Waals surface area contributed by atoms with Gasteiger partial charge in [0, 0.05) is 17.2 Å². The summed E-state index contributed by atoms with van der Waals surface area (Å²) in [7, 11) is 0. The molecule has 0 saturated heterocycles. The summed E-state index contributed by atoms with van der Waals surface area (Å²) >= 11 is 12.0. The zero-order valence-corrected chi connectivity index (χ0v) is 16.0. The number of benzene rings is 2. The Morgan fingerprint density at radius 2 is 1.83 bits per heavy atom. The molecule has 4 rings (SSSR count). The van der Waals surface area contributed by atoms with Gasteiger partial charge in [0.05, 0.1) is 21.1 Å². The van der Waals surface area contributed by atoms with Crippen LogP contribution < -0.4 is 0 Å². The average Bonchev–Trinajstić information content (AvgIpc) is 3.29. The molecule has 3 aromatic rings. The molecular formula is C20H10Cl2N2O5. The molecule has 1 aliphatic heterocycles. The van der Waals surface area contributed by atoms with Crippen molar-refractivity contribution in [2.75, 3.05) is 0 Å². The zero-order chi connectivity index (χ0) is 20.5. The van der Waals surface area contributed by atoms with Crippen LogP contribution >= 0.6 is 23.2 Å². The molecule has 0 unspecified atom stereocenters. The third-order valence-electron chi connectivity index (χ3n) is 4.05. The number of ether oxygens (including phenoxy) is 1. The minimum Gasteiger partial charge on any atom is -0.456 e. The van der Waals surface area contributed by atoms with Gasteiger partial charge in [0.25, 0.3) is 5.69 Å². The van der Waals surface area contributed by atoms with E-state index in [1.165, 1.54) is 18.2 Å². The number of esters is 1. The quantitative estimate of drug-likeness (QED) is 0.236. The lowest BCUT2D eigenvalue weighted by Gasteiger charge is -2.02. The van der Waals surface area contributed by atoms with Crippen molar-refractivity contribution in [3.05, 3.63) is 91.8 Å². The highest BCUT2D eigenvalue weighted by Gasteiger charge is 2.26. The Kier molecular flexibility index (Phi) is 4.92. The van der Waals surface area contributed by atoms with Crippen LogP contribution in [0, 0.1) is 10.1 Å². The van der Waals surface area contributed by atoms with E-state index in [4.69, 9.17) is 32.4 Å². The molecule has 2 aromatic carbocycles. The fourth-order valence-electron chi connectivity index (χ4n) is 2.74. The summed E-state index contributed by atoms with van der Waals surface area (Å²) in [5, 5.41) is 11.9. The third-order valence-corrected chi connectivity index (χ3v) is 4.60. The number of carbonyl (C=O) groups is 1. The molecule has 144 valence electrons. The largest absolute Gasteiger partial charge is 0.456 e. The number of hydrogen-bond donors (Lipinski definition) is 0. The number of para-hydroxylation sites is 1. The fraction of sp³-hybridized carbons (Fsp3) is 0. The van der Waals surface area contributed by atoms with Gasteiger partial charge in [-0.05, 0) is 36.4 Å². The van der Waals surface area contributed by atoms with Crippen LogP contribution in [-0.2, 0) is 9.53 Å². The number of furan rings is 1. The van der Waals surface area contributed by atoms with E-state index in [1.54, 1.807) is 42.5 Å². The van der Waals surface area contributed by atoms with Gasteiger partial charge in [-0.2, -0.15) is 0 Å². The Balaban J connectivity index is 1.66. The number of hydrogen-bond acceptors (Lipinski definition) is 6. The predicted octanol–water partition coefficient (Wildman–Crippen LogP) is 5.51. The van der Waals surface area contributed by atoms with E-state index >= 15 is 0 Å². The number of nitro groups is 1. The molecular weight excluding hydrogens is 419 g/mol. The van der Waals surface area contributed by atoms with Gasteiger partial charge >= 0.3 is 5.97 Å². The van der Waals surface area contributed by atoms with Crippen LogP contribution in [0.2, 0.25) is 10.0 Å². The lowest BCUT2D eigenvalue weighted by atomic mass is 10.1. The number of carbonyl (C=O) groups excluding carboxylic acids is 1. The second kappa shape index (κ2) is 7.54. The Bertz CT molecular complexity index is 1210. The van der Waals surface area contributed by atoms with Gasteiger partial charge in [-0.15, -0.1) is 0 Å². The summed E-state index contributed by atoms with van der Waals surface area (Å²) in [6.45, 7) is 0. The number of aliphatic imine (C=N–C) groups is 1. The minimum atomic E-state index is -0.672. The molecule has 0 amide bonds. The van der Waals surface area contributed by atoms with E-state index in [-0.39, 0.29) is 23.0 Å². The van der Waals surface area contributed by atoms with Crippen LogP contribution in [0.15, 0.2) is 69.7 Å². The maximum Gasteiger partial charge on any atom is 0.363 e. The first-order valence-electron chi connectivity index (χ1n) is 8.24. The van der Waals surface area contributed by atoms with Crippen molar-refractivity contribution in [2.45, 2.75) is 0 Å². The van der Waals surface area contributed by atoms with E-state index in [0.29, 0.717) is 26.9 Å². The van der Waals surface area contributed by atoms with Crippen molar-refractivity contribution in [3.8, 4) is 11.3 Å². The van der Waals surface area contributed by atoms with Crippen molar-refractivity contribution in [1.82, 2.24) is 0 Å². The van der Waals surface area contributed by atoms with Crippen molar-refractivity contribution < 1.29 is 18.9 Å². The first kappa shape index (κ1) is 18.9. The van der Waals surface area contributed by atoms with Crippen molar-refractivity contribution in [2.24, 2.45) is 4.99 Å². The van der Waals surface area contributed by atoms with Crippen LogP contribution in [0.3, 0.4) is 0 Å². The molecule has 1 aliphatic rings. The monoisotopic (exact) mass is 428 g/mol. The standard InChI is InChI=1S/C20H10Cl2N2O5/c21-11-5-7-13(15(22)9-11)19-23-16(20(25)29-19)10-12-6-8-18(28-12)14-3-1-2-4-17(14)24(26)27/h1-10H/b16-10-. The molecule has 7 nitrogen and oxygen atoms in total. The lowest BCUT2D eigenvalue weighted by molar-refractivity contribution is -0.384. The van der Waals surface area contributed by atoms with Gasteiger partial charge in [-0.1, -0.05) is 35.3 Å². The van der Waals surface area contributed by atoms with Gasteiger partial charge in [0.15, 0.2) is 5.70 Å². The summed E-state index contributed by atoms with van der Waals surface area (Å²) in [5.74, 6) is -0.0409. The van der Waals surface area contributed by atoms with Crippen molar-refractivity contribution >= 4 is 46.8 Å². The highest BCUT2D eigenvalue weighted by Crippen LogP contribution is 2.32. The summed E-state index contributed by atoms with van der Waals surface area (Å²) in [4.78, 5) is 27.0. The normalized spacial score (nSPS) is 14.8. The van der Waals surface area contributed by atoms with Crippen LogP contribution in [0.4, 0.5) is 5.69 Å². The molecule has 29 heavy (non-hydrogen) atoms. The van der Waals surface area contributed by atoms with Crippen LogP contribution in [0.5, 0.6) is 0 Å². The van der Waals surface area contributed by atoms with E-state index in [2.05, 4.69) is 4.99 Å². The Hall–Kier alpha value is -3.42. The second-order valence-electron chi connectivity index (χ2n) is 5.94. The van der Waals surface area contributed by atoms with E-state index < -0.39 is 10.9 Å². The molecule has 0 atom stereocenters. The van der Waals surface area contributed by atoms with Crippen molar-refractivity contribution in [3.63, 3.8) is 0 Å². The van der Waals surface area contributed by atoms with E-state index in [0.717, 1.165) is 0 Å². The summed E-state index contributed by atoms with van der Waals surface area (Å²) in [6.07, 6.45) is 1.39. The van der Waals surface area contributed by atoms with Crippen LogP contribution in [-0.4, -0.2) is 16.8 Å². The van der Waals surface area contributed by atoms with E-state index in [1.807, 2.05) is 0 Å². The predicted molar refractivity (Wildman–Crippen MR) is 108 cm³/mol. The Labute approximate surface area is 174 Å². The first-order chi connectivity index (χ1) is 13.9. The van der Waals surface area contributed by atoms with Gasteiger partial charge in [-0.25, -0.2) is 9.79 Å². The molecule has 0 saturated carbocycles. The van der Waals surface area contributed by atoms with Crippen LogP contribution in [0.1, 0.15) is 11.3 Å². The molecule has 0 aliphatic carbocycles. The van der Waals surface area contributed by atoms with E-state index in [9.17, 15) is 14.9 Å². The molecule has 2 heterocycles. The second-order valence-corrected chi connectivity index (χ2v) is 6.78. The first-order valence-corrected chi connectivity index (χ1v) is 8.99. The highest BCUT2D eigenvalue weighted by molar-refractivity contribution is 6.37. The maximum absolute atomic E-state index is 12.2. The topological polar surface area (TPSA) is 94.9 Å². The molecule has 0 radical (unpaired) electrons. The average molecular weight is 429 g/mol. The molecule has 9 heteroatoms. The summed E-state index contributed by atoms with van der Waals surface area (Å²) in [5.41, 5.74) is 0.676.